The van der Waals surface area contributed by atoms with E-state index in [2.05, 4.69) is 10.3 Å². The first-order valence-electron chi connectivity index (χ1n) is 9.23. The number of urea groups is 1. The summed E-state index contributed by atoms with van der Waals surface area (Å²) in [5.74, 6) is 0. The topological polar surface area (TPSA) is 44.7 Å². The van der Waals surface area contributed by atoms with Crippen LogP contribution in [-0.4, -0.2) is 17.4 Å². The van der Waals surface area contributed by atoms with E-state index in [1.165, 1.54) is 48.5 Å². The molecule has 32 heavy (non-hydrogen) atoms. The fourth-order valence-electron chi connectivity index (χ4n) is 3.11. The normalized spacial score (nSPS) is 20.3. The Hall–Kier alpha value is -2.68. The highest BCUT2D eigenvalue weighted by molar-refractivity contribution is 8.15. The van der Waals surface area contributed by atoms with Crippen LogP contribution in [-0.2, 0) is 4.87 Å². The monoisotopic (exact) mass is 495 g/mol. The summed E-state index contributed by atoms with van der Waals surface area (Å²) in [6.07, 6.45) is -4.82. The maximum Gasteiger partial charge on any atom is 0.425 e. The molecule has 0 spiro atoms. The van der Waals surface area contributed by atoms with Crippen LogP contribution >= 0.6 is 35.0 Å². The van der Waals surface area contributed by atoms with Gasteiger partial charge in [0.25, 0.3) is 0 Å². The van der Waals surface area contributed by atoms with Crippen molar-refractivity contribution >= 4 is 57.5 Å². The van der Waals surface area contributed by atoms with E-state index in [-0.39, 0.29) is 10.7 Å². The molecular weight excluding hydrogens is 482 g/mol. The van der Waals surface area contributed by atoms with E-state index < -0.39 is 17.1 Å². The molecule has 1 aliphatic heterocycles. The molecule has 1 aliphatic rings. The number of amides is 2. The van der Waals surface area contributed by atoms with Crippen LogP contribution in [0.25, 0.3) is 0 Å². The smallest absolute Gasteiger partial charge is 0.311 e. The lowest BCUT2D eigenvalue weighted by Crippen LogP contribution is -2.63. The highest BCUT2D eigenvalue weighted by Gasteiger charge is 2.62. The third kappa shape index (κ3) is 4.30. The molecule has 1 atom stereocenters. The van der Waals surface area contributed by atoms with Gasteiger partial charge in [0.15, 0.2) is 5.17 Å². The number of amidine groups is 1. The molecule has 1 saturated heterocycles. The fraction of sp³-hybridized carbons (Fsp3) is 0.0909. The zero-order valence-electron chi connectivity index (χ0n) is 16.1. The summed E-state index contributed by atoms with van der Waals surface area (Å²) in [6, 6.07) is 18.6. The molecule has 164 valence electrons. The first-order chi connectivity index (χ1) is 15.2. The van der Waals surface area contributed by atoms with Gasteiger partial charge in [-0.1, -0.05) is 53.5 Å². The van der Waals surface area contributed by atoms with Gasteiger partial charge < -0.3 is 5.32 Å². The van der Waals surface area contributed by atoms with Crippen LogP contribution < -0.4 is 10.2 Å². The van der Waals surface area contributed by atoms with Crippen molar-refractivity contribution in [3.05, 3.63) is 94.5 Å². The molecule has 0 aromatic heterocycles. The second kappa shape index (κ2) is 8.69. The van der Waals surface area contributed by atoms with Gasteiger partial charge in [0.2, 0.25) is 4.87 Å². The van der Waals surface area contributed by atoms with Crippen LogP contribution in [0.5, 0.6) is 0 Å². The molecule has 4 nitrogen and oxygen atoms in total. The molecule has 3 aromatic carbocycles. The van der Waals surface area contributed by atoms with Crippen LogP contribution in [0.1, 0.15) is 5.56 Å². The number of halogens is 5. The van der Waals surface area contributed by atoms with Crippen molar-refractivity contribution in [2.75, 3.05) is 4.90 Å². The molecule has 0 aliphatic carbocycles. The number of aliphatic imine (C=N–C) groups is 1. The molecule has 0 bridgehead atoms. The molecule has 1 N–H and O–H groups in total. The molecule has 0 radical (unpaired) electrons. The van der Waals surface area contributed by atoms with Gasteiger partial charge >= 0.3 is 12.2 Å². The number of anilines is 1. The summed E-state index contributed by atoms with van der Waals surface area (Å²) in [4.78, 5) is 15.9. The van der Waals surface area contributed by atoms with E-state index in [1.807, 2.05) is 0 Å². The molecule has 10 heteroatoms. The maximum atomic E-state index is 14.5. The van der Waals surface area contributed by atoms with Crippen molar-refractivity contribution in [1.82, 2.24) is 5.32 Å². The zero-order chi connectivity index (χ0) is 22.9. The van der Waals surface area contributed by atoms with E-state index in [1.54, 1.807) is 30.3 Å². The number of nitrogens with zero attached hydrogens (tertiary/aromatic N) is 2. The van der Waals surface area contributed by atoms with Gasteiger partial charge in [-0.3, -0.25) is 0 Å². The van der Waals surface area contributed by atoms with Gasteiger partial charge in [0.05, 0.1) is 11.4 Å². The lowest BCUT2D eigenvalue weighted by atomic mass is 10.1. The Morgan fingerprint density at radius 1 is 0.875 bits per heavy atom. The van der Waals surface area contributed by atoms with Crippen molar-refractivity contribution in [2.24, 2.45) is 4.99 Å². The van der Waals surface area contributed by atoms with Gasteiger partial charge in [0.1, 0.15) is 0 Å². The van der Waals surface area contributed by atoms with Crippen molar-refractivity contribution < 1.29 is 18.0 Å². The van der Waals surface area contributed by atoms with Crippen LogP contribution in [0.2, 0.25) is 10.0 Å². The van der Waals surface area contributed by atoms with Crippen LogP contribution in [0, 0.1) is 0 Å². The average Bonchev–Trinajstić information content (AvgIpc) is 2.76. The van der Waals surface area contributed by atoms with Gasteiger partial charge in [-0.25, -0.2) is 14.7 Å². The standard InChI is InChI=1S/C22H14Cl2F3N3OS/c23-15-6-10-17(11-7-15)28-20-30(18-12-8-16(24)9-13-18)19(31)29-21(32-20,22(25,26)27)14-4-2-1-3-5-14/h1-13H,(H,29,31)/t21-/m0/s1. The summed E-state index contributed by atoms with van der Waals surface area (Å²) in [6.45, 7) is 0. The molecule has 0 saturated carbocycles. The number of rotatable bonds is 3. The number of benzene rings is 3. The molecular formula is C22H14Cl2F3N3OS. The highest BCUT2D eigenvalue weighted by Crippen LogP contribution is 2.51. The van der Waals surface area contributed by atoms with E-state index in [9.17, 15) is 18.0 Å². The fourth-order valence-corrected chi connectivity index (χ4v) is 4.58. The molecule has 0 unspecified atom stereocenters. The van der Waals surface area contributed by atoms with Crippen molar-refractivity contribution in [3.8, 4) is 0 Å². The Labute approximate surface area is 196 Å². The van der Waals surface area contributed by atoms with E-state index in [0.29, 0.717) is 33.2 Å². The van der Waals surface area contributed by atoms with Crippen molar-refractivity contribution in [3.63, 3.8) is 0 Å². The summed E-state index contributed by atoms with van der Waals surface area (Å²) in [5, 5.41) is 2.88. The summed E-state index contributed by atoms with van der Waals surface area (Å²) in [5.41, 5.74) is 0.538. The molecule has 1 heterocycles. The van der Waals surface area contributed by atoms with Crippen LogP contribution in [0.15, 0.2) is 83.9 Å². The number of alkyl halides is 3. The molecule has 1 fully saturated rings. The van der Waals surface area contributed by atoms with E-state index >= 15 is 0 Å². The van der Waals surface area contributed by atoms with Gasteiger partial charge in [-0.2, -0.15) is 13.2 Å². The lowest BCUT2D eigenvalue weighted by Gasteiger charge is -2.43. The SMILES string of the molecule is O=C1N[C@](c2ccccc2)(C(F)(F)F)SC(=Nc2ccc(Cl)cc2)N1c1ccc(Cl)cc1. The number of hydrogen-bond acceptors (Lipinski definition) is 3. The summed E-state index contributed by atoms with van der Waals surface area (Å²) in [7, 11) is 0. The molecule has 4 rings (SSSR count). The average molecular weight is 496 g/mol. The van der Waals surface area contributed by atoms with E-state index in [4.69, 9.17) is 23.2 Å². The largest absolute Gasteiger partial charge is 0.425 e. The second-order valence-corrected chi connectivity index (χ2v) is 8.81. The van der Waals surface area contributed by atoms with Gasteiger partial charge in [-0.15, -0.1) is 0 Å². The quantitative estimate of drug-likeness (QED) is 0.412. The van der Waals surface area contributed by atoms with Crippen LogP contribution in [0.4, 0.5) is 29.3 Å². The molecule has 2 amide bonds. The minimum atomic E-state index is -4.82. The number of nitrogens with one attached hydrogen (secondary N) is 1. The molecule has 3 aromatic rings. The number of carbonyl (C=O) groups is 1. The first-order valence-corrected chi connectivity index (χ1v) is 10.8. The number of hydrogen-bond donors (Lipinski definition) is 1. The minimum Gasteiger partial charge on any atom is -0.311 e. The number of carbonyl (C=O) groups excluding carboxylic acids is 1. The maximum absolute atomic E-state index is 14.5. The predicted molar refractivity (Wildman–Crippen MR) is 123 cm³/mol. The predicted octanol–water partition coefficient (Wildman–Crippen LogP) is 7.36. The lowest BCUT2D eigenvalue weighted by molar-refractivity contribution is -0.167. The number of thioether (sulfide) groups is 1. The first kappa shape index (κ1) is 22.5. The third-order valence-electron chi connectivity index (χ3n) is 4.64. The zero-order valence-corrected chi connectivity index (χ0v) is 18.4. The minimum absolute atomic E-state index is 0.120. The summed E-state index contributed by atoms with van der Waals surface area (Å²) < 4.78 is 43.4. The Balaban J connectivity index is 1.88. The highest BCUT2D eigenvalue weighted by atomic mass is 35.5. The second-order valence-electron chi connectivity index (χ2n) is 6.76. The Kier molecular flexibility index (Phi) is 6.11. The van der Waals surface area contributed by atoms with Crippen molar-refractivity contribution in [2.45, 2.75) is 11.0 Å². The van der Waals surface area contributed by atoms with Crippen molar-refractivity contribution in [1.29, 1.82) is 0 Å². The van der Waals surface area contributed by atoms with E-state index in [0.717, 1.165) is 4.90 Å². The van der Waals surface area contributed by atoms with Gasteiger partial charge in [-0.05, 0) is 65.9 Å². The third-order valence-corrected chi connectivity index (χ3v) is 6.47. The van der Waals surface area contributed by atoms with Gasteiger partial charge in [0, 0.05) is 10.0 Å². The Morgan fingerprint density at radius 3 is 2.00 bits per heavy atom. The Bertz CT molecular complexity index is 1160. The van der Waals surface area contributed by atoms with Crippen LogP contribution in [0.3, 0.4) is 0 Å². The Morgan fingerprint density at radius 2 is 1.44 bits per heavy atom. The summed E-state index contributed by atoms with van der Waals surface area (Å²) >= 11 is 12.3.